The predicted molar refractivity (Wildman–Crippen MR) is 90.9 cm³/mol. The number of methoxy groups -OCH3 is 1. The van der Waals surface area contributed by atoms with Crippen molar-refractivity contribution in [2.75, 3.05) is 12.0 Å². The van der Waals surface area contributed by atoms with Crippen LogP contribution in [0.4, 0.5) is 10.1 Å². The van der Waals surface area contributed by atoms with Crippen LogP contribution in [0.2, 0.25) is 0 Å². The second-order valence-corrected chi connectivity index (χ2v) is 6.14. The third kappa shape index (κ3) is 2.86. The number of hydrogen-bond acceptors (Lipinski definition) is 8. The van der Waals surface area contributed by atoms with Crippen LogP contribution < -0.4 is 16.4 Å². The van der Waals surface area contributed by atoms with Crippen LogP contribution in [0.15, 0.2) is 22.1 Å². The maximum Gasteiger partial charge on any atom is 0.338 e. The van der Waals surface area contributed by atoms with Gasteiger partial charge in [-0.3, -0.25) is 4.90 Å². The molecule has 1 fully saturated rings. The second kappa shape index (κ2) is 6.23. The monoisotopic (exact) mass is 349 g/mol. The number of rotatable bonds is 2. The molecule has 5 N–H and O–H groups in total. The number of benzene rings is 1. The van der Waals surface area contributed by atoms with Crippen LogP contribution >= 0.6 is 0 Å². The Balaban J connectivity index is 2.17. The lowest BCUT2D eigenvalue weighted by Crippen LogP contribution is -2.58. The van der Waals surface area contributed by atoms with Crippen LogP contribution in [0.1, 0.15) is 42.5 Å². The molecular formula is C16H20FN5O3. The van der Waals surface area contributed by atoms with Gasteiger partial charge in [-0.2, -0.15) is 4.99 Å². The van der Waals surface area contributed by atoms with Gasteiger partial charge in [0.1, 0.15) is 5.66 Å². The van der Waals surface area contributed by atoms with E-state index in [-0.39, 0.29) is 23.2 Å². The summed E-state index contributed by atoms with van der Waals surface area (Å²) >= 11 is 0. The first kappa shape index (κ1) is 17.0. The fraction of sp³-hybridized carbons (Fsp3) is 0.438. The SMILES string of the molecule is COC(=O)c1cc(F)c(O)c(N2C(N)=NC(N)=NC23CCCCC3)c1. The first-order valence-electron chi connectivity index (χ1n) is 7.98. The third-order valence-electron chi connectivity index (χ3n) is 4.56. The number of aromatic hydroxyl groups is 1. The van der Waals surface area contributed by atoms with Crippen molar-refractivity contribution in [3.63, 3.8) is 0 Å². The Kier molecular flexibility index (Phi) is 4.23. The lowest BCUT2D eigenvalue weighted by atomic mass is 9.87. The summed E-state index contributed by atoms with van der Waals surface area (Å²) in [5.41, 5.74) is 10.9. The van der Waals surface area contributed by atoms with E-state index in [0.29, 0.717) is 12.8 Å². The molecule has 0 bridgehead atoms. The van der Waals surface area contributed by atoms with Gasteiger partial charge in [-0.25, -0.2) is 14.2 Å². The van der Waals surface area contributed by atoms with Crippen molar-refractivity contribution in [1.82, 2.24) is 0 Å². The number of carbonyl (C=O) groups is 1. The molecule has 1 aliphatic heterocycles. The van der Waals surface area contributed by atoms with E-state index in [1.165, 1.54) is 18.1 Å². The maximum absolute atomic E-state index is 14.2. The van der Waals surface area contributed by atoms with Gasteiger partial charge in [-0.15, -0.1) is 0 Å². The van der Waals surface area contributed by atoms with Crippen LogP contribution in [0.25, 0.3) is 0 Å². The smallest absolute Gasteiger partial charge is 0.338 e. The zero-order valence-electron chi connectivity index (χ0n) is 13.8. The molecule has 1 aromatic carbocycles. The number of ether oxygens (including phenoxy) is 1. The molecular weight excluding hydrogens is 329 g/mol. The number of guanidine groups is 2. The number of nitrogens with two attached hydrogens (primary N) is 2. The van der Waals surface area contributed by atoms with Gasteiger partial charge in [-0.05, 0) is 37.8 Å². The zero-order chi connectivity index (χ0) is 18.2. The van der Waals surface area contributed by atoms with E-state index in [4.69, 9.17) is 11.5 Å². The van der Waals surface area contributed by atoms with Crippen molar-refractivity contribution < 1.29 is 19.0 Å². The molecule has 1 heterocycles. The van der Waals surface area contributed by atoms with Crippen molar-refractivity contribution in [1.29, 1.82) is 0 Å². The first-order chi connectivity index (χ1) is 11.9. The summed E-state index contributed by atoms with van der Waals surface area (Å²) in [5.74, 6) is -2.29. The van der Waals surface area contributed by atoms with Crippen molar-refractivity contribution in [2.24, 2.45) is 21.5 Å². The molecule has 0 atom stereocenters. The van der Waals surface area contributed by atoms with E-state index in [0.717, 1.165) is 25.3 Å². The Bertz CT molecular complexity index is 771. The molecule has 2 aliphatic rings. The predicted octanol–water partition coefficient (Wildman–Crippen LogP) is 1.43. The lowest BCUT2D eigenvalue weighted by Gasteiger charge is -2.45. The number of hydrogen-bond donors (Lipinski definition) is 3. The number of nitrogens with zero attached hydrogens (tertiary/aromatic N) is 3. The third-order valence-corrected chi connectivity index (χ3v) is 4.56. The van der Waals surface area contributed by atoms with Crippen molar-refractivity contribution >= 4 is 23.6 Å². The highest BCUT2D eigenvalue weighted by atomic mass is 19.1. The van der Waals surface area contributed by atoms with E-state index in [9.17, 15) is 14.3 Å². The summed E-state index contributed by atoms with van der Waals surface area (Å²) < 4.78 is 18.9. The molecule has 1 aliphatic carbocycles. The van der Waals surface area contributed by atoms with Crippen molar-refractivity contribution in [2.45, 2.75) is 37.8 Å². The number of aliphatic imine (C=N–C) groups is 2. The maximum atomic E-state index is 14.2. The van der Waals surface area contributed by atoms with Gasteiger partial charge in [-0.1, -0.05) is 6.42 Å². The van der Waals surface area contributed by atoms with Gasteiger partial charge < -0.3 is 21.3 Å². The minimum Gasteiger partial charge on any atom is -0.503 e. The molecule has 0 unspecified atom stereocenters. The molecule has 134 valence electrons. The Morgan fingerprint density at radius 1 is 1.32 bits per heavy atom. The average molecular weight is 349 g/mol. The van der Waals surface area contributed by atoms with E-state index >= 15 is 0 Å². The lowest BCUT2D eigenvalue weighted by molar-refractivity contribution is 0.0600. The van der Waals surface area contributed by atoms with E-state index in [1.54, 1.807) is 0 Å². The quantitative estimate of drug-likeness (QED) is 0.693. The van der Waals surface area contributed by atoms with E-state index < -0.39 is 23.2 Å². The van der Waals surface area contributed by atoms with Crippen LogP contribution in [-0.4, -0.2) is 35.8 Å². The Hall–Kier alpha value is -2.84. The highest BCUT2D eigenvalue weighted by Gasteiger charge is 2.44. The highest BCUT2D eigenvalue weighted by Crippen LogP contribution is 2.43. The summed E-state index contributed by atoms with van der Waals surface area (Å²) in [6, 6.07) is 2.23. The molecule has 8 nitrogen and oxygen atoms in total. The topological polar surface area (TPSA) is 127 Å². The van der Waals surface area contributed by atoms with Gasteiger partial charge in [0.25, 0.3) is 0 Å². The molecule has 25 heavy (non-hydrogen) atoms. The Morgan fingerprint density at radius 3 is 2.64 bits per heavy atom. The van der Waals surface area contributed by atoms with E-state index in [1.807, 2.05) is 0 Å². The summed E-state index contributed by atoms with van der Waals surface area (Å²) in [6.07, 6.45) is 4.02. The molecule has 1 aromatic rings. The van der Waals surface area contributed by atoms with Crippen LogP contribution in [0, 0.1) is 5.82 Å². The molecule has 9 heteroatoms. The standard InChI is InChI=1S/C16H20FN5O3/c1-25-13(24)9-7-10(17)12(23)11(8-9)22-15(19)20-14(18)21-16(22)5-3-2-4-6-16/h7-8,23H,2-6H2,1H3,(H4,18,19,20,21). The molecule has 0 aromatic heterocycles. The van der Waals surface area contributed by atoms with Crippen LogP contribution in [0.5, 0.6) is 5.75 Å². The summed E-state index contributed by atoms with van der Waals surface area (Å²) in [4.78, 5) is 21.7. The molecule has 0 saturated heterocycles. The number of halogens is 1. The fourth-order valence-corrected chi connectivity index (χ4v) is 3.46. The Labute approximate surface area is 144 Å². The second-order valence-electron chi connectivity index (χ2n) is 6.14. The average Bonchev–Trinajstić information content (AvgIpc) is 2.57. The minimum absolute atomic E-state index is 0.00823. The fourth-order valence-electron chi connectivity index (χ4n) is 3.46. The molecule has 0 radical (unpaired) electrons. The number of phenols is 1. The minimum atomic E-state index is -0.959. The number of anilines is 1. The number of phenolic OH excluding ortho intramolecular Hbond substituents is 1. The molecule has 0 amide bonds. The van der Waals surface area contributed by atoms with Crippen LogP contribution in [-0.2, 0) is 4.74 Å². The molecule has 1 saturated carbocycles. The normalized spacial score (nSPS) is 19.4. The van der Waals surface area contributed by atoms with Gasteiger partial charge in [0.05, 0.1) is 18.4 Å². The van der Waals surface area contributed by atoms with Gasteiger partial charge in [0.15, 0.2) is 11.6 Å². The first-order valence-corrected chi connectivity index (χ1v) is 7.98. The van der Waals surface area contributed by atoms with Crippen molar-refractivity contribution in [3.05, 3.63) is 23.5 Å². The summed E-state index contributed by atoms with van der Waals surface area (Å²) in [7, 11) is 1.19. The molecule has 1 spiro atoms. The van der Waals surface area contributed by atoms with E-state index in [2.05, 4.69) is 14.7 Å². The largest absolute Gasteiger partial charge is 0.503 e. The van der Waals surface area contributed by atoms with Crippen molar-refractivity contribution in [3.8, 4) is 5.75 Å². The van der Waals surface area contributed by atoms with Gasteiger partial charge in [0, 0.05) is 0 Å². The van der Waals surface area contributed by atoms with Gasteiger partial charge in [0.2, 0.25) is 11.9 Å². The highest BCUT2D eigenvalue weighted by molar-refractivity contribution is 6.07. The summed E-state index contributed by atoms with van der Waals surface area (Å²) in [5, 5.41) is 10.3. The number of carbonyl (C=O) groups excluding carboxylic acids is 1. The molecule has 3 rings (SSSR count). The number of esters is 1. The van der Waals surface area contributed by atoms with Gasteiger partial charge >= 0.3 is 5.97 Å². The zero-order valence-corrected chi connectivity index (χ0v) is 13.8. The summed E-state index contributed by atoms with van der Waals surface area (Å²) in [6.45, 7) is 0. The Morgan fingerprint density at radius 2 is 2.00 bits per heavy atom. The van der Waals surface area contributed by atoms with Crippen LogP contribution in [0.3, 0.4) is 0 Å².